The van der Waals surface area contributed by atoms with E-state index in [4.69, 9.17) is 0 Å². The molecule has 4 nitrogen and oxygen atoms in total. The Labute approximate surface area is 116 Å². The van der Waals surface area contributed by atoms with Crippen molar-refractivity contribution >= 4 is 5.91 Å². The number of hydrogen-bond acceptors (Lipinski definition) is 3. The molecule has 3 aliphatic rings. The molecule has 2 bridgehead atoms. The first-order chi connectivity index (χ1) is 9.15. The number of carbonyl (C=O) groups excluding carboxylic acids is 1. The summed E-state index contributed by atoms with van der Waals surface area (Å²) >= 11 is 0. The molecule has 3 atom stereocenters. The summed E-state index contributed by atoms with van der Waals surface area (Å²) in [4.78, 5) is 14.8. The molecule has 0 aliphatic carbocycles. The van der Waals surface area contributed by atoms with Gasteiger partial charge >= 0.3 is 0 Å². The highest BCUT2D eigenvalue weighted by molar-refractivity contribution is 5.79. The largest absolute Gasteiger partial charge is 0.353 e. The number of amides is 1. The fourth-order valence-corrected chi connectivity index (χ4v) is 3.94. The van der Waals surface area contributed by atoms with E-state index < -0.39 is 0 Å². The molecule has 3 fully saturated rings. The zero-order chi connectivity index (χ0) is 13.4. The minimum atomic E-state index is 0.167. The average molecular weight is 265 g/mol. The van der Waals surface area contributed by atoms with Crippen molar-refractivity contribution in [1.82, 2.24) is 15.5 Å². The third-order valence-corrected chi connectivity index (χ3v) is 5.62. The van der Waals surface area contributed by atoms with Crippen LogP contribution in [0.2, 0.25) is 0 Å². The van der Waals surface area contributed by atoms with Gasteiger partial charge in [-0.25, -0.2) is 0 Å². The van der Waals surface area contributed by atoms with Crippen LogP contribution in [0.15, 0.2) is 0 Å². The monoisotopic (exact) mass is 265 g/mol. The van der Waals surface area contributed by atoms with Gasteiger partial charge in [0, 0.05) is 24.0 Å². The lowest BCUT2D eigenvalue weighted by Gasteiger charge is -2.47. The quantitative estimate of drug-likeness (QED) is 0.799. The third-order valence-electron chi connectivity index (χ3n) is 5.62. The molecule has 0 spiro atoms. The summed E-state index contributed by atoms with van der Waals surface area (Å²) in [6, 6.07) is 1.80. The van der Waals surface area contributed by atoms with E-state index in [2.05, 4.69) is 29.5 Å². The number of nitrogens with one attached hydrogen (secondary N) is 2. The van der Waals surface area contributed by atoms with E-state index in [1.807, 2.05) is 0 Å². The standard InChI is InChI=1S/C15H27N3O/c1-10(11-8-16-9-11)15(19)17-12-6-13-4-3-5-14(7-12)18(13)2/h10-14,16H,3-9H2,1-2H3,(H,17,19). The van der Waals surface area contributed by atoms with Crippen LogP contribution in [0.5, 0.6) is 0 Å². The number of rotatable bonds is 3. The van der Waals surface area contributed by atoms with E-state index >= 15 is 0 Å². The van der Waals surface area contributed by atoms with Crippen molar-refractivity contribution in [2.45, 2.75) is 57.2 Å². The van der Waals surface area contributed by atoms with Gasteiger partial charge in [-0.15, -0.1) is 0 Å². The van der Waals surface area contributed by atoms with E-state index in [9.17, 15) is 4.79 Å². The lowest BCUT2D eigenvalue weighted by molar-refractivity contribution is -0.128. The Morgan fingerprint density at radius 3 is 2.42 bits per heavy atom. The van der Waals surface area contributed by atoms with Gasteiger partial charge in [-0.3, -0.25) is 4.79 Å². The first-order valence-corrected chi connectivity index (χ1v) is 7.88. The molecule has 3 heterocycles. The molecule has 0 saturated carbocycles. The van der Waals surface area contributed by atoms with E-state index in [0.29, 0.717) is 24.0 Å². The number of nitrogens with zero attached hydrogens (tertiary/aromatic N) is 1. The topological polar surface area (TPSA) is 44.4 Å². The molecule has 0 aromatic rings. The van der Waals surface area contributed by atoms with Crippen LogP contribution in [0, 0.1) is 11.8 Å². The second kappa shape index (κ2) is 5.41. The average Bonchev–Trinajstić information content (AvgIpc) is 2.28. The molecule has 0 aromatic heterocycles. The Kier molecular flexibility index (Phi) is 3.81. The molecule has 3 aliphatic heterocycles. The minimum absolute atomic E-state index is 0.167. The fourth-order valence-electron chi connectivity index (χ4n) is 3.94. The predicted molar refractivity (Wildman–Crippen MR) is 75.9 cm³/mol. The molecular weight excluding hydrogens is 238 g/mol. The van der Waals surface area contributed by atoms with Crippen molar-refractivity contribution in [3.63, 3.8) is 0 Å². The summed E-state index contributed by atoms with van der Waals surface area (Å²) in [6.07, 6.45) is 6.27. The van der Waals surface area contributed by atoms with Crippen molar-refractivity contribution in [2.75, 3.05) is 20.1 Å². The molecular formula is C15H27N3O. The second-order valence-electron chi connectivity index (χ2n) is 6.79. The van der Waals surface area contributed by atoms with Crippen molar-refractivity contribution in [1.29, 1.82) is 0 Å². The van der Waals surface area contributed by atoms with Gasteiger partial charge in [0.2, 0.25) is 5.91 Å². The Morgan fingerprint density at radius 1 is 1.26 bits per heavy atom. The van der Waals surface area contributed by atoms with Crippen LogP contribution in [0.3, 0.4) is 0 Å². The van der Waals surface area contributed by atoms with Crippen LogP contribution in [0.1, 0.15) is 39.0 Å². The maximum atomic E-state index is 12.3. The van der Waals surface area contributed by atoms with Crippen LogP contribution >= 0.6 is 0 Å². The Hall–Kier alpha value is -0.610. The van der Waals surface area contributed by atoms with Crippen LogP contribution < -0.4 is 10.6 Å². The zero-order valence-electron chi connectivity index (χ0n) is 12.2. The SMILES string of the molecule is CC(C(=O)NC1CC2CCCC(C1)N2C)C1CNC1. The highest BCUT2D eigenvalue weighted by Crippen LogP contribution is 2.32. The molecule has 3 unspecified atom stereocenters. The van der Waals surface area contributed by atoms with Crippen molar-refractivity contribution < 1.29 is 4.79 Å². The number of piperidine rings is 2. The smallest absolute Gasteiger partial charge is 0.223 e. The maximum absolute atomic E-state index is 12.3. The highest BCUT2D eigenvalue weighted by atomic mass is 16.1. The highest BCUT2D eigenvalue weighted by Gasteiger charge is 2.37. The Bertz CT molecular complexity index is 328. The van der Waals surface area contributed by atoms with E-state index in [-0.39, 0.29) is 11.8 Å². The van der Waals surface area contributed by atoms with Gasteiger partial charge in [-0.05, 0) is 51.7 Å². The van der Waals surface area contributed by atoms with Gasteiger partial charge in [-0.2, -0.15) is 0 Å². The molecule has 3 saturated heterocycles. The summed E-state index contributed by atoms with van der Waals surface area (Å²) in [5.41, 5.74) is 0. The molecule has 0 radical (unpaired) electrons. The maximum Gasteiger partial charge on any atom is 0.223 e. The summed E-state index contributed by atoms with van der Waals surface area (Å²) in [6.45, 7) is 4.09. The van der Waals surface area contributed by atoms with Crippen LogP contribution in [0.25, 0.3) is 0 Å². The van der Waals surface area contributed by atoms with Crippen LogP contribution in [0.4, 0.5) is 0 Å². The van der Waals surface area contributed by atoms with Crippen molar-refractivity contribution in [3.05, 3.63) is 0 Å². The van der Waals surface area contributed by atoms with E-state index in [1.54, 1.807) is 0 Å². The summed E-state index contributed by atoms with van der Waals surface area (Å²) < 4.78 is 0. The molecule has 2 N–H and O–H groups in total. The Morgan fingerprint density at radius 2 is 1.89 bits per heavy atom. The minimum Gasteiger partial charge on any atom is -0.353 e. The molecule has 3 rings (SSSR count). The van der Waals surface area contributed by atoms with E-state index in [0.717, 1.165) is 25.9 Å². The fraction of sp³-hybridized carbons (Fsp3) is 0.933. The van der Waals surface area contributed by atoms with Crippen LogP contribution in [-0.4, -0.2) is 49.1 Å². The molecule has 108 valence electrons. The molecule has 0 aromatic carbocycles. The van der Waals surface area contributed by atoms with Gasteiger partial charge in [0.05, 0.1) is 0 Å². The summed E-state index contributed by atoms with van der Waals surface area (Å²) in [5.74, 6) is 0.991. The first-order valence-electron chi connectivity index (χ1n) is 7.88. The van der Waals surface area contributed by atoms with Gasteiger partial charge < -0.3 is 15.5 Å². The zero-order valence-corrected chi connectivity index (χ0v) is 12.2. The Balaban J connectivity index is 1.54. The van der Waals surface area contributed by atoms with Crippen molar-refractivity contribution in [3.8, 4) is 0 Å². The summed E-state index contributed by atoms with van der Waals surface area (Å²) in [7, 11) is 2.26. The van der Waals surface area contributed by atoms with Gasteiger partial charge in [-0.1, -0.05) is 13.3 Å². The van der Waals surface area contributed by atoms with Gasteiger partial charge in [0.25, 0.3) is 0 Å². The summed E-state index contributed by atoms with van der Waals surface area (Å²) in [5, 5.41) is 6.58. The first kappa shape index (κ1) is 13.4. The number of fused-ring (bicyclic) bond motifs is 2. The normalized spacial score (nSPS) is 37.5. The molecule has 1 amide bonds. The van der Waals surface area contributed by atoms with Gasteiger partial charge in [0.15, 0.2) is 0 Å². The van der Waals surface area contributed by atoms with Crippen molar-refractivity contribution in [2.24, 2.45) is 11.8 Å². The van der Waals surface area contributed by atoms with E-state index in [1.165, 1.54) is 19.3 Å². The van der Waals surface area contributed by atoms with Gasteiger partial charge in [0.1, 0.15) is 0 Å². The predicted octanol–water partition coefficient (Wildman–Crippen LogP) is 0.973. The third kappa shape index (κ3) is 2.65. The molecule has 4 heteroatoms. The lowest BCUT2D eigenvalue weighted by atomic mass is 9.81. The number of carbonyl (C=O) groups is 1. The second-order valence-corrected chi connectivity index (χ2v) is 6.79. The molecule has 19 heavy (non-hydrogen) atoms. The lowest BCUT2D eigenvalue weighted by Crippen LogP contribution is -2.57. The number of hydrogen-bond donors (Lipinski definition) is 2. The van der Waals surface area contributed by atoms with Crippen LogP contribution in [-0.2, 0) is 4.79 Å².